The summed E-state index contributed by atoms with van der Waals surface area (Å²) in [5.41, 5.74) is 4.14. The number of hydrogen-bond acceptors (Lipinski definition) is 7. The van der Waals surface area contributed by atoms with E-state index in [-0.39, 0.29) is 12.5 Å². The van der Waals surface area contributed by atoms with Gasteiger partial charge in [0.25, 0.3) is 11.8 Å². The molecule has 2 N–H and O–H groups in total. The highest BCUT2D eigenvalue weighted by molar-refractivity contribution is 9.10. The molecular formula is C28H28BrN3O6. The maximum atomic E-state index is 12.6. The average molecular weight is 582 g/mol. The van der Waals surface area contributed by atoms with Crippen LogP contribution in [0.15, 0.2) is 82.9 Å². The van der Waals surface area contributed by atoms with Gasteiger partial charge in [0, 0.05) is 11.3 Å². The Labute approximate surface area is 229 Å². The van der Waals surface area contributed by atoms with Crippen molar-refractivity contribution in [2.45, 2.75) is 6.92 Å². The van der Waals surface area contributed by atoms with Crippen LogP contribution in [0.3, 0.4) is 0 Å². The van der Waals surface area contributed by atoms with Gasteiger partial charge in [0.05, 0.1) is 24.4 Å². The van der Waals surface area contributed by atoms with Crippen LogP contribution in [0.2, 0.25) is 0 Å². The molecule has 0 aliphatic rings. The smallest absolute Gasteiger partial charge is 0.271 e. The fraction of sp³-hybridized carbons (Fsp3) is 0.179. The van der Waals surface area contributed by atoms with Crippen LogP contribution in [0.1, 0.15) is 22.8 Å². The van der Waals surface area contributed by atoms with Crippen LogP contribution in [0.4, 0.5) is 5.69 Å². The van der Waals surface area contributed by atoms with E-state index in [1.54, 1.807) is 48.5 Å². The van der Waals surface area contributed by atoms with Crippen molar-refractivity contribution in [2.75, 3.05) is 32.2 Å². The monoisotopic (exact) mass is 581 g/mol. The van der Waals surface area contributed by atoms with Gasteiger partial charge < -0.3 is 24.3 Å². The SMILES string of the molecule is C=CCOc1ccc(C(=O)N/N=C/c2cc(Br)c(OCC(=O)Nc3ccccc3)c(OCC)c2)cc1OC. The number of benzene rings is 3. The molecule has 9 nitrogen and oxygen atoms in total. The van der Waals surface area contributed by atoms with Gasteiger partial charge in [-0.2, -0.15) is 5.10 Å². The number of carbonyl (C=O) groups excluding carboxylic acids is 2. The van der Waals surface area contributed by atoms with Gasteiger partial charge >= 0.3 is 0 Å². The molecule has 0 aromatic heterocycles. The lowest BCUT2D eigenvalue weighted by Crippen LogP contribution is -2.20. The Hall–Kier alpha value is -4.31. The highest BCUT2D eigenvalue weighted by atomic mass is 79.9. The Morgan fingerprint density at radius 2 is 1.79 bits per heavy atom. The number of para-hydroxylation sites is 1. The molecule has 0 fully saturated rings. The second-order valence-electron chi connectivity index (χ2n) is 7.63. The Balaban J connectivity index is 1.66. The van der Waals surface area contributed by atoms with Crippen LogP contribution in [-0.4, -0.2) is 45.0 Å². The summed E-state index contributed by atoms with van der Waals surface area (Å²) in [5, 5.41) is 6.81. The highest BCUT2D eigenvalue weighted by Crippen LogP contribution is 2.36. The Morgan fingerprint density at radius 3 is 2.50 bits per heavy atom. The molecule has 0 saturated carbocycles. The molecule has 0 aliphatic carbocycles. The molecule has 0 heterocycles. The lowest BCUT2D eigenvalue weighted by atomic mass is 10.2. The summed E-state index contributed by atoms with van der Waals surface area (Å²) in [6, 6.07) is 17.3. The molecule has 198 valence electrons. The van der Waals surface area contributed by atoms with Crippen molar-refractivity contribution in [1.29, 1.82) is 0 Å². The van der Waals surface area contributed by atoms with Crippen molar-refractivity contribution in [3.8, 4) is 23.0 Å². The van der Waals surface area contributed by atoms with Crippen LogP contribution in [-0.2, 0) is 4.79 Å². The van der Waals surface area contributed by atoms with E-state index in [0.717, 1.165) is 0 Å². The van der Waals surface area contributed by atoms with Gasteiger partial charge in [-0.3, -0.25) is 9.59 Å². The summed E-state index contributed by atoms with van der Waals surface area (Å²) >= 11 is 3.47. The molecule has 0 radical (unpaired) electrons. The van der Waals surface area contributed by atoms with Crippen LogP contribution in [0.25, 0.3) is 0 Å². The molecule has 0 saturated heterocycles. The van der Waals surface area contributed by atoms with Gasteiger partial charge in [-0.15, -0.1) is 0 Å². The van der Waals surface area contributed by atoms with E-state index in [2.05, 4.69) is 38.4 Å². The van der Waals surface area contributed by atoms with Gasteiger partial charge in [0.2, 0.25) is 0 Å². The quantitative estimate of drug-likeness (QED) is 0.163. The van der Waals surface area contributed by atoms with Crippen molar-refractivity contribution in [3.63, 3.8) is 0 Å². The van der Waals surface area contributed by atoms with Crippen LogP contribution < -0.4 is 29.7 Å². The number of ether oxygens (including phenoxy) is 4. The Morgan fingerprint density at radius 1 is 1.00 bits per heavy atom. The third-order valence-corrected chi connectivity index (χ3v) is 5.49. The van der Waals surface area contributed by atoms with E-state index < -0.39 is 5.91 Å². The van der Waals surface area contributed by atoms with Crippen molar-refractivity contribution < 1.29 is 28.5 Å². The fourth-order valence-corrected chi connectivity index (χ4v) is 3.80. The highest BCUT2D eigenvalue weighted by Gasteiger charge is 2.15. The predicted octanol–water partition coefficient (Wildman–Crippen LogP) is 5.20. The number of carbonyl (C=O) groups is 2. The molecule has 3 aromatic carbocycles. The summed E-state index contributed by atoms with van der Waals surface area (Å²) in [6.45, 7) is 5.93. The molecular weight excluding hydrogens is 554 g/mol. The van der Waals surface area contributed by atoms with Gasteiger partial charge in [-0.25, -0.2) is 5.43 Å². The fourth-order valence-electron chi connectivity index (χ4n) is 3.23. The first-order valence-electron chi connectivity index (χ1n) is 11.6. The lowest BCUT2D eigenvalue weighted by molar-refractivity contribution is -0.118. The van der Waals surface area contributed by atoms with Crippen LogP contribution in [0.5, 0.6) is 23.0 Å². The molecule has 0 unspecified atom stereocenters. The van der Waals surface area contributed by atoms with E-state index >= 15 is 0 Å². The molecule has 0 aliphatic heterocycles. The van der Waals surface area contributed by atoms with Crippen molar-refractivity contribution >= 4 is 39.6 Å². The first kappa shape index (κ1) is 28.3. The molecule has 2 amide bonds. The zero-order chi connectivity index (χ0) is 27.3. The van der Waals surface area contributed by atoms with Crippen molar-refractivity contribution in [1.82, 2.24) is 5.43 Å². The lowest BCUT2D eigenvalue weighted by Gasteiger charge is -2.14. The summed E-state index contributed by atoms with van der Waals surface area (Å²) < 4.78 is 22.8. The number of hydrogen-bond donors (Lipinski definition) is 2. The molecule has 0 spiro atoms. The van der Waals surface area contributed by atoms with E-state index in [1.165, 1.54) is 13.3 Å². The minimum absolute atomic E-state index is 0.210. The van der Waals surface area contributed by atoms with Gasteiger partial charge in [-0.1, -0.05) is 30.9 Å². The molecule has 0 bridgehead atoms. The summed E-state index contributed by atoms with van der Waals surface area (Å²) in [5.74, 6) is 0.977. The van der Waals surface area contributed by atoms with Crippen molar-refractivity contribution in [2.24, 2.45) is 5.10 Å². The Bertz CT molecular complexity index is 1300. The molecule has 10 heteroatoms. The van der Waals surface area contributed by atoms with Gasteiger partial charge in [-0.05, 0) is 70.9 Å². The van der Waals surface area contributed by atoms with Crippen LogP contribution >= 0.6 is 15.9 Å². The van der Waals surface area contributed by atoms with Crippen molar-refractivity contribution in [3.05, 3.63) is 88.9 Å². The number of rotatable bonds is 13. The summed E-state index contributed by atoms with van der Waals surface area (Å²) in [6.07, 6.45) is 3.08. The zero-order valence-electron chi connectivity index (χ0n) is 21.0. The number of nitrogens with zero attached hydrogens (tertiary/aromatic N) is 1. The summed E-state index contributed by atoms with van der Waals surface area (Å²) in [4.78, 5) is 24.9. The number of anilines is 1. The zero-order valence-corrected chi connectivity index (χ0v) is 22.6. The molecule has 3 rings (SSSR count). The maximum Gasteiger partial charge on any atom is 0.271 e. The number of hydrazone groups is 1. The first-order valence-corrected chi connectivity index (χ1v) is 12.4. The van der Waals surface area contributed by atoms with Gasteiger partial charge in [0.1, 0.15) is 6.61 Å². The van der Waals surface area contributed by atoms with E-state index in [1.807, 2.05) is 25.1 Å². The van der Waals surface area contributed by atoms with E-state index in [0.29, 0.717) is 57.5 Å². The van der Waals surface area contributed by atoms with E-state index in [9.17, 15) is 9.59 Å². The first-order chi connectivity index (χ1) is 18.4. The predicted molar refractivity (Wildman–Crippen MR) is 150 cm³/mol. The largest absolute Gasteiger partial charge is 0.493 e. The average Bonchev–Trinajstić information content (AvgIpc) is 2.92. The van der Waals surface area contributed by atoms with Crippen LogP contribution in [0, 0.1) is 0 Å². The number of nitrogens with one attached hydrogen (secondary N) is 2. The standard InChI is InChI=1S/C28H28BrN3O6/c1-4-13-37-23-12-11-20(16-24(23)35-3)28(34)32-30-17-19-14-22(29)27(25(15-19)36-5-2)38-18-26(33)31-21-9-7-6-8-10-21/h4,6-12,14-17H,1,5,13,18H2,2-3H3,(H,31,33)(H,32,34)/b30-17+. The second kappa shape index (κ2) is 14.4. The minimum Gasteiger partial charge on any atom is -0.493 e. The third-order valence-electron chi connectivity index (χ3n) is 4.90. The number of halogens is 1. The summed E-state index contributed by atoms with van der Waals surface area (Å²) in [7, 11) is 1.49. The molecule has 3 aromatic rings. The topological polar surface area (TPSA) is 107 Å². The third kappa shape index (κ3) is 8.10. The Kier molecular flexibility index (Phi) is 10.7. The van der Waals surface area contributed by atoms with E-state index in [4.69, 9.17) is 18.9 Å². The normalized spacial score (nSPS) is 10.5. The maximum absolute atomic E-state index is 12.6. The number of methoxy groups -OCH3 is 1. The number of amides is 2. The molecule has 38 heavy (non-hydrogen) atoms. The minimum atomic E-state index is -0.427. The second-order valence-corrected chi connectivity index (χ2v) is 8.48. The van der Waals surface area contributed by atoms with Gasteiger partial charge in [0.15, 0.2) is 29.6 Å². The molecule has 0 atom stereocenters.